The topological polar surface area (TPSA) is 180 Å². The standard InChI is InChI=1S/C38H32N4O9/c1-22-18-27-28(19-23(22)2)42(33-31(39-27)34(44)41-38(48)40-33)20-29(49-35(45)24-12-6-3-7-13-24)32(51-37(47)26-16-10-5-11-17-26)30(21-43)50-36(46)25-14-8-4-9-15-25/h3-19,29-30,32,43H,20-21H2,1-2H3,(H,41,44,48)/t29-,30+,32+/m0/s1. The molecule has 51 heavy (non-hydrogen) atoms. The van der Waals surface area contributed by atoms with Crippen molar-refractivity contribution in [2.24, 2.45) is 0 Å². The van der Waals surface area contributed by atoms with Crippen LogP contribution in [0.5, 0.6) is 0 Å². The lowest BCUT2D eigenvalue weighted by Crippen LogP contribution is -2.49. The molecule has 13 nitrogen and oxygen atoms in total. The second-order valence-corrected chi connectivity index (χ2v) is 11.7. The first-order valence-electron chi connectivity index (χ1n) is 15.9. The first-order chi connectivity index (χ1) is 24.6. The highest BCUT2D eigenvalue weighted by atomic mass is 16.6. The Hall–Kier alpha value is -6.47. The molecular formula is C38H32N4O9. The van der Waals surface area contributed by atoms with Gasteiger partial charge in [0.2, 0.25) is 0 Å². The number of aromatic amines is 1. The maximum absolute atomic E-state index is 13.7. The van der Waals surface area contributed by atoms with Crippen LogP contribution < -0.4 is 11.2 Å². The van der Waals surface area contributed by atoms with E-state index in [1.54, 1.807) is 66.7 Å². The van der Waals surface area contributed by atoms with Crippen LogP contribution in [0, 0.1) is 13.8 Å². The minimum atomic E-state index is -1.64. The third-order valence-corrected chi connectivity index (χ3v) is 8.29. The summed E-state index contributed by atoms with van der Waals surface area (Å²) in [6.45, 7) is 2.47. The molecule has 4 aromatic rings. The fourth-order valence-corrected chi connectivity index (χ4v) is 5.55. The molecule has 13 heteroatoms. The molecule has 2 heterocycles. The lowest BCUT2D eigenvalue weighted by atomic mass is 10.0. The molecule has 2 N–H and O–H groups in total. The summed E-state index contributed by atoms with van der Waals surface area (Å²) in [5, 5.41) is 10.7. The number of nitrogens with zero attached hydrogens (tertiary/aromatic N) is 3. The largest absolute Gasteiger partial charge is 0.453 e. The van der Waals surface area contributed by atoms with Gasteiger partial charge in [0.05, 0.1) is 40.9 Å². The Kier molecular flexibility index (Phi) is 10.1. The van der Waals surface area contributed by atoms with Crippen LogP contribution in [-0.2, 0) is 20.8 Å². The Bertz CT molecular complexity index is 2290. The Morgan fingerprint density at radius 3 is 1.73 bits per heavy atom. The van der Waals surface area contributed by atoms with Gasteiger partial charge in [-0.3, -0.25) is 9.78 Å². The first-order valence-corrected chi connectivity index (χ1v) is 15.9. The minimum Gasteiger partial charge on any atom is -0.453 e. The van der Waals surface area contributed by atoms with E-state index in [2.05, 4.69) is 15.0 Å². The van der Waals surface area contributed by atoms with Gasteiger partial charge in [0, 0.05) is 0 Å². The van der Waals surface area contributed by atoms with Gasteiger partial charge < -0.3 is 23.9 Å². The van der Waals surface area contributed by atoms with Gasteiger partial charge in [-0.15, -0.1) is 0 Å². The van der Waals surface area contributed by atoms with Crippen molar-refractivity contribution in [3.63, 3.8) is 0 Å². The number of rotatable bonds is 11. The first kappa shape index (κ1) is 34.4. The van der Waals surface area contributed by atoms with Crippen molar-refractivity contribution in [1.82, 2.24) is 19.5 Å². The molecule has 0 bridgehead atoms. The van der Waals surface area contributed by atoms with E-state index in [0.717, 1.165) is 11.1 Å². The summed E-state index contributed by atoms with van der Waals surface area (Å²) < 4.78 is 19.2. The van der Waals surface area contributed by atoms with Crippen molar-refractivity contribution in [2.45, 2.75) is 38.7 Å². The number of aliphatic hydroxyl groups excluding tert-OH is 1. The van der Waals surface area contributed by atoms with E-state index in [0.29, 0.717) is 11.0 Å². The van der Waals surface area contributed by atoms with Crippen molar-refractivity contribution >= 4 is 28.9 Å². The molecule has 258 valence electrons. The Labute approximate surface area is 290 Å². The summed E-state index contributed by atoms with van der Waals surface area (Å²) in [7, 11) is 0. The lowest BCUT2D eigenvalue weighted by molar-refractivity contribution is -0.102. The van der Waals surface area contributed by atoms with Crippen LogP contribution in [-0.4, -0.2) is 67.5 Å². The van der Waals surface area contributed by atoms with E-state index in [-0.39, 0.29) is 28.2 Å². The van der Waals surface area contributed by atoms with E-state index >= 15 is 0 Å². The number of fused-ring (bicyclic) bond motifs is 2. The van der Waals surface area contributed by atoms with E-state index in [9.17, 15) is 29.1 Å². The fourth-order valence-electron chi connectivity index (χ4n) is 5.55. The zero-order chi connectivity index (χ0) is 36.1. The molecule has 0 saturated heterocycles. The van der Waals surface area contributed by atoms with Gasteiger partial charge >= 0.3 is 23.6 Å². The SMILES string of the molecule is Cc1cc2nc3c(=O)[nH]c(=O)nc-3n(C[C@H](OC(=O)c3ccccc3)[C@@H](OC(=O)c3ccccc3)[C@@H](CO)OC(=O)c3ccccc3)c2cc1C. The van der Waals surface area contributed by atoms with E-state index in [4.69, 9.17) is 14.2 Å². The molecule has 2 aliphatic heterocycles. The number of carbonyl (C=O) groups excluding carboxylic acids is 3. The Morgan fingerprint density at radius 2 is 1.20 bits per heavy atom. The fraction of sp³-hybridized carbons (Fsp3) is 0.184. The summed E-state index contributed by atoms with van der Waals surface area (Å²) in [6, 6.07) is 27.5. The molecule has 0 aromatic heterocycles. The number of nitrogens with one attached hydrogen (secondary N) is 1. The van der Waals surface area contributed by atoms with Crippen molar-refractivity contribution in [3.8, 4) is 11.5 Å². The number of ether oxygens (including phenoxy) is 3. The molecule has 6 rings (SSSR count). The van der Waals surface area contributed by atoms with Crippen molar-refractivity contribution in [1.29, 1.82) is 0 Å². The third kappa shape index (κ3) is 7.58. The molecule has 3 atom stereocenters. The van der Waals surface area contributed by atoms with Crippen molar-refractivity contribution in [2.75, 3.05) is 6.61 Å². The van der Waals surface area contributed by atoms with Gasteiger partial charge in [-0.05, 0) is 73.5 Å². The van der Waals surface area contributed by atoms with E-state index in [1.807, 2.05) is 13.8 Å². The summed E-state index contributed by atoms with van der Waals surface area (Å²) >= 11 is 0. The van der Waals surface area contributed by atoms with Crippen molar-refractivity contribution < 1.29 is 33.7 Å². The average Bonchev–Trinajstić information content (AvgIpc) is 3.14. The van der Waals surface area contributed by atoms with Crippen LogP contribution in [0.25, 0.3) is 22.6 Å². The number of esters is 3. The van der Waals surface area contributed by atoms with Gasteiger partial charge in [-0.1, -0.05) is 54.6 Å². The highest BCUT2D eigenvalue weighted by Gasteiger charge is 2.40. The van der Waals surface area contributed by atoms with Crippen LogP contribution in [0.3, 0.4) is 0 Å². The summed E-state index contributed by atoms with van der Waals surface area (Å²) in [4.78, 5) is 76.9. The van der Waals surface area contributed by atoms with Gasteiger partial charge in [-0.25, -0.2) is 24.2 Å². The molecule has 0 amide bonds. The number of aliphatic hydroxyl groups is 1. The van der Waals surface area contributed by atoms with Crippen LogP contribution in [0.4, 0.5) is 0 Å². The number of benzene rings is 4. The molecule has 4 aromatic carbocycles. The average molecular weight is 689 g/mol. The third-order valence-electron chi connectivity index (χ3n) is 8.29. The minimum absolute atomic E-state index is 0.129. The number of carbonyl (C=O) groups is 3. The molecule has 0 aliphatic carbocycles. The van der Waals surface area contributed by atoms with Crippen molar-refractivity contribution in [3.05, 3.63) is 152 Å². The monoisotopic (exact) mass is 688 g/mol. The van der Waals surface area contributed by atoms with Gasteiger partial charge in [-0.2, -0.15) is 4.98 Å². The number of aromatic nitrogens is 4. The summed E-state index contributed by atoms with van der Waals surface area (Å²) in [5.41, 5.74) is 0.968. The Balaban J connectivity index is 1.53. The molecule has 0 saturated carbocycles. The maximum Gasteiger partial charge on any atom is 0.349 e. The maximum atomic E-state index is 13.7. The second-order valence-electron chi connectivity index (χ2n) is 11.7. The normalized spacial score (nSPS) is 12.9. The predicted molar refractivity (Wildman–Crippen MR) is 185 cm³/mol. The van der Waals surface area contributed by atoms with E-state index < -0.39 is 60.6 Å². The molecule has 0 radical (unpaired) electrons. The zero-order valence-corrected chi connectivity index (χ0v) is 27.5. The number of hydrogen-bond acceptors (Lipinski definition) is 11. The zero-order valence-electron chi connectivity index (χ0n) is 27.5. The van der Waals surface area contributed by atoms with Gasteiger partial charge in [0.1, 0.15) is 0 Å². The molecule has 0 fully saturated rings. The predicted octanol–water partition coefficient (Wildman–Crippen LogP) is 3.87. The van der Waals surface area contributed by atoms with Gasteiger partial charge in [0.15, 0.2) is 29.8 Å². The lowest BCUT2D eigenvalue weighted by Gasteiger charge is -2.33. The van der Waals surface area contributed by atoms with Crippen LogP contribution in [0.15, 0.2) is 113 Å². The Morgan fingerprint density at radius 1 is 0.706 bits per heavy atom. The summed E-state index contributed by atoms with van der Waals surface area (Å²) in [6.07, 6.45) is -4.74. The highest BCUT2D eigenvalue weighted by Crippen LogP contribution is 2.27. The number of H-pyrrole nitrogens is 1. The molecule has 2 aliphatic rings. The second kappa shape index (κ2) is 15.0. The smallest absolute Gasteiger partial charge is 0.349 e. The summed E-state index contributed by atoms with van der Waals surface area (Å²) in [5.74, 6) is -2.69. The quantitative estimate of drug-likeness (QED) is 0.115. The van der Waals surface area contributed by atoms with Crippen LogP contribution in [0.2, 0.25) is 0 Å². The highest BCUT2D eigenvalue weighted by molar-refractivity contribution is 5.91. The number of aryl methyl sites for hydroxylation is 2. The van der Waals surface area contributed by atoms with Crippen LogP contribution in [0.1, 0.15) is 42.2 Å². The molecule has 0 unspecified atom stereocenters. The van der Waals surface area contributed by atoms with Crippen LogP contribution >= 0.6 is 0 Å². The van der Waals surface area contributed by atoms with E-state index in [1.165, 1.54) is 41.0 Å². The number of hydrogen-bond donors (Lipinski definition) is 2. The molecular weight excluding hydrogens is 656 g/mol. The van der Waals surface area contributed by atoms with Gasteiger partial charge in [0.25, 0.3) is 5.56 Å². The molecule has 0 spiro atoms.